The predicted octanol–water partition coefficient (Wildman–Crippen LogP) is 1.86. The lowest BCUT2D eigenvalue weighted by atomic mass is 9.95. The van der Waals surface area contributed by atoms with Crippen LogP contribution in [0, 0.1) is 0 Å². The summed E-state index contributed by atoms with van der Waals surface area (Å²) in [6, 6.07) is 5.52. The van der Waals surface area contributed by atoms with Crippen LogP contribution in [0.25, 0.3) is 0 Å². The van der Waals surface area contributed by atoms with Crippen molar-refractivity contribution >= 4 is 21.9 Å². The molecule has 0 saturated heterocycles. The summed E-state index contributed by atoms with van der Waals surface area (Å²) >= 11 is 0. The maximum Gasteiger partial charge on any atom is 0.338 e. The van der Waals surface area contributed by atoms with Gasteiger partial charge in [0.1, 0.15) is 0 Å². The molecule has 1 fully saturated rings. The zero-order valence-corrected chi connectivity index (χ0v) is 16.6. The maximum atomic E-state index is 12.3. The molecule has 2 rings (SSSR count). The molecule has 1 saturated carbocycles. The van der Waals surface area contributed by atoms with E-state index in [0.717, 1.165) is 25.7 Å². The Balaban J connectivity index is 2.02. The van der Waals surface area contributed by atoms with Crippen LogP contribution in [0.4, 0.5) is 0 Å². The van der Waals surface area contributed by atoms with Gasteiger partial charge in [-0.2, -0.15) is 0 Å². The molecule has 0 aromatic heterocycles. The molecule has 150 valence electrons. The van der Waals surface area contributed by atoms with Gasteiger partial charge in [0.25, 0.3) is 15.9 Å². The van der Waals surface area contributed by atoms with Gasteiger partial charge < -0.3 is 10.1 Å². The SMILES string of the molecule is CON(C)S(=O)(=O)c1cccc(C(=O)OC(C)C(=O)NC2CCCCC2)c1. The van der Waals surface area contributed by atoms with E-state index in [1.807, 2.05) is 0 Å². The number of hydroxylamine groups is 1. The molecule has 1 aliphatic carbocycles. The van der Waals surface area contributed by atoms with Gasteiger partial charge in [-0.3, -0.25) is 9.63 Å². The molecule has 1 unspecified atom stereocenters. The summed E-state index contributed by atoms with van der Waals surface area (Å²) in [7, 11) is -1.41. The van der Waals surface area contributed by atoms with E-state index in [9.17, 15) is 18.0 Å². The fraction of sp³-hybridized carbons (Fsp3) is 0.556. The van der Waals surface area contributed by atoms with Gasteiger partial charge >= 0.3 is 5.97 Å². The molecule has 1 N–H and O–H groups in total. The third-order valence-corrected chi connectivity index (χ3v) is 6.24. The van der Waals surface area contributed by atoms with Crippen molar-refractivity contribution in [1.82, 2.24) is 9.79 Å². The minimum atomic E-state index is -3.89. The van der Waals surface area contributed by atoms with E-state index in [4.69, 9.17) is 9.57 Å². The Hall–Kier alpha value is -1.97. The highest BCUT2D eigenvalue weighted by Crippen LogP contribution is 2.19. The molecule has 0 heterocycles. The lowest BCUT2D eigenvalue weighted by molar-refractivity contribution is -0.130. The second-order valence-corrected chi connectivity index (χ2v) is 8.45. The maximum absolute atomic E-state index is 12.3. The predicted molar refractivity (Wildman–Crippen MR) is 98.3 cm³/mol. The Morgan fingerprint density at radius 2 is 1.89 bits per heavy atom. The number of sulfonamides is 1. The van der Waals surface area contributed by atoms with Crippen molar-refractivity contribution in [3.63, 3.8) is 0 Å². The molecule has 0 bridgehead atoms. The Labute approximate surface area is 159 Å². The topological polar surface area (TPSA) is 102 Å². The minimum absolute atomic E-state index is 0.0397. The quantitative estimate of drug-likeness (QED) is 0.556. The Morgan fingerprint density at radius 1 is 1.22 bits per heavy atom. The first kappa shape index (κ1) is 21.3. The van der Waals surface area contributed by atoms with Crippen LogP contribution in [0.15, 0.2) is 29.2 Å². The lowest BCUT2D eigenvalue weighted by Crippen LogP contribution is -2.42. The first-order valence-electron chi connectivity index (χ1n) is 8.90. The highest BCUT2D eigenvalue weighted by Gasteiger charge is 2.25. The summed E-state index contributed by atoms with van der Waals surface area (Å²) in [5.41, 5.74) is 0.0397. The third kappa shape index (κ3) is 5.50. The lowest BCUT2D eigenvalue weighted by Gasteiger charge is -2.24. The zero-order valence-electron chi connectivity index (χ0n) is 15.8. The van der Waals surface area contributed by atoms with Crippen LogP contribution in [-0.4, -0.2) is 51.1 Å². The number of carbonyl (C=O) groups is 2. The summed E-state index contributed by atoms with van der Waals surface area (Å²) in [4.78, 5) is 29.2. The summed E-state index contributed by atoms with van der Waals surface area (Å²) in [5, 5.41) is 2.90. The number of esters is 1. The van der Waals surface area contributed by atoms with E-state index in [1.165, 1.54) is 51.8 Å². The molecule has 0 spiro atoms. The van der Waals surface area contributed by atoms with E-state index in [1.54, 1.807) is 0 Å². The van der Waals surface area contributed by atoms with Crippen LogP contribution >= 0.6 is 0 Å². The van der Waals surface area contributed by atoms with Crippen LogP contribution in [0.3, 0.4) is 0 Å². The standard InChI is InChI=1S/C18H26N2O6S/c1-13(17(21)19-15-9-5-4-6-10-15)26-18(22)14-8-7-11-16(12-14)27(23,24)20(2)25-3/h7-8,11-13,15H,4-6,9-10H2,1-3H3,(H,19,21). The molecule has 9 heteroatoms. The van der Waals surface area contributed by atoms with Crippen molar-refractivity contribution in [3.8, 4) is 0 Å². The van der Waals surface area contributed by atoms with Gasteiger partial charge in [-0.05, 0) is 38.0 Å². The number of nitrogens with zero attached hydrogens (tertiary/aromatic N) is 1. The van der Waals surface area contributed by atoms with Crippen molar-refractivity contribution in [1.29, 1.82) is 0 Å². The second-order valence-electron chi connectivity index (χ2n) is 6.52. The van der Waals surface area contributed by atoms with E-state index in [0.29, 0.717) is 4.47 Å². The number of amides is 1. The third-order valence-electron chi connectivity index (χ3n) is 4.57. The number of rotatable bonds is 7. The van der Waals surface area contributed by atoms with Gasteiger partial charge in [0.05, 0.1) is 17.6 Å². The van der Waals surface area contributed by atoms with Crippen molar-refractivity contribution in [2.45, 2.75) is 56.1 Å². The largest absolute Gasteiger partial charge is 0.449 e. The van der Waals surface area contributed by atoms with Crippen molar-refractivity contribution in [2.75, 3.05) is 14.2 Å². The van der Waals surface area contributed by atoms with Gasteiger partial charge in [0.15, 0.2) is 6.10 Å². The zero-order chi connectivity index (χ0) is 20.0. The van der Waals surface area contributed by atoms with Crippen LogP contribution < -0.4 is 5.32 Å². The summed E-state index contributed by atoms with van der Waals surface area (Å²) in [6.45, 7) is 1.50. The highest BCUT2D eigenvalue weighted by molar-refractivity contribution is 7.89. The van der Waals surface area contributed by atoms with E-state index in [-0.39, 0.29) is 22.4 Å². The van der Waals surface area contributed by atoms with E-state index >= 15 is 0 Å². The van der Waals surface area contributed by atoms with Gasteiger partial charge in [0.2, 0.25) is 0 Å². The Kier molecular flexibility index (Phi) is 7.34. The Bertz CT molecular complexity index is 774. The highest BCUT2D eigenvalue weighted by atomic mass is 32.2. The molecule has 0 radical (unpaired) electrons. The van der Waals surface area contributed by atoms with Gasteiger partial charge in [0, 0.05) is 13.1 Å². The molecule has 27 heavy (non-hydrogen) atoms. The molecule has 1 aliphatic rings. The molecule has 1 amide bonds. The number of carbonyl (C=O) groups excluding carboxylic acids is 2. The molecule has 1 aromatic rings. The number of hydrogen-bond acceptors (Lipinski definition) is 6. The molecule has 0 aliphatic heterocycles. The first-order valence-corrected chi connectivity index (χ1v) is 10.3. The van der Waals surface area contributed by atoms with Gasteiger partial charge in [-0.25, -0.2) is 13.2 Å². The van der Waals surface area contributed by atoms with Crippen LogP contribution in [-0.2, 0) is 24.4 Å². The monoisotopic (exact) mass is 398 g/mol. The number of ether oxygens (including phenoxy) is 1. The number of benzene rings is 1. The molecular weight excluding hydrogens is 372 g/mol. The van der Waals surface area contributed by atoms with Crippen LogP contribution in [0.1, 0.15) is 49.4 Å². The van der Waals surface area contributed by atoms with Crippen LogP contribution in [0.5, 0.6) is 0 Å². The van der Waals surface area contributed by atoms with Crippen molar-refractivity contribution in [2.24, 2.45) is 0 Å². The molecule has 8 nitrogen and oxygen atoms in total. The van der Waals surface area contributed by atoms with Gasteiger partial charge in [-0.15, -0.1) is 0 Å². The first-order chi connectivity index (χ1) is 12.8. The molecular formula is C18H26N2O6S. The minimum Gasteiger partial charge on any atom is -0.449 e. The second kappa shape index (κ2) is 9.29. The average Bonchev–Trinajstić information content (AvgIpc) is 2.67. The van der Waals surface area contributed by atoms with Crippen LogP contribution in [0.2, 0.25) is 0 Å². The van der Waals surface area contributed by atoms with Gasteiger partial charge in [-0.1, -0.05) is 29.8 Å². The molecule has 1 aromatic carbocycles. The van der Waals surface area contributed by atoms with E-state index in [2.05, 4.69) is 5.32 Å². The fourth-order valence-corrected chi connectivity index (χ4v) is 3.90. The number of nitrogens with one attached hydrogen (secondary N) is 1. The van der Waals surface area contributed by atoms with Crippen molar-refractivity contribution in [3.05, 3.63) is 29.8 Å². The smallest absolute Gasteiger partial charge is 0.338 e. The van der Waals surface area contributed by atoms with E-state index < -0.39 is 22.1 Å². The number of hydrogen-bond donors (Lipinski definition) is 1. The molecule has 1 atom stereocenters. The summed E-state index contributed by atoms with van der Waals surface area (Å²) < 4.78 is 30.4. The normalized spacial score (nSPS) is 16.7. The Morgan fingerprint density at radius 3 is 2.52 bits per heavy atom. The van der Waals surface area contributed by atoms with Crippen molar-refractivity contribution < 1.29 is 27.6 Å². The average molecular weight is 398 g/mol. The fourth-order valence-electron chi connectivity index (χ4n) is 2.88. The summed E-state index contributed by atoms with van der Waals surface area (Å²) in [6.07, 6.45) is 4.22. The summed E-state index contributed by atoms with van der Waals surface area (Å²) in [5.74, 6) is -1.11.